The summed E-state index contributed by atoms with van der Waals surface area (Å²) >= 11 is 0. The first kappa shape index (κ1) is 20.6. The van der Waals surface area contributed by atoms with Gasteiger partial charge in [0.25, 0.3) is 0 Å². The Morgan fingerprint density at radius 2 is 1.90 bits per heavy atom. The van der Waals surface area contributed by atoms with E-state index in [1.165, 1.54) is 5.57 Å². The number of allylic oxidation sites excluding steroid dienone is 2. The second-order valence-electron chi connectivity index (χ2n) is 10.1. The van der Waals surface area contributed by atoms with E-state index in [9.17, 15) is 19.8 Å². The zero-order valence-corrected chi connectivity index (χ0v) is 17.7. The standard InChI is InChI=1S/C23H33NO5/c1-14(25)23(28)11-8-19-17-5-4-15-12-16(24-29-13-20(26)27)6-9-21(15,2)18(17)7-10-22(19,23)3/h12,17-19,28H,4-11,13H2,1-3H3,(H,26,27)/p-1/t17-,18-,19+,21-,22-,23-/m0/s1. The molecule has 0 bridgehead atoms. The maximum absolute atomic E-state index is 12.3. The van der Waals surface area contributed by atoms with Crippen LogP contribution >= 0.6 is 0 Å². The summed E-state index contributed by atoms with van der Waals surface area (Å²) in [5.41, 5.74) is 0.836. The van der Waals surface area contributed by atoms with E-state index in [1.54, 1.807) is 6.92 Å². The van der Waals surface area contributed by atoms with Gasteiger partial charge in [-0.15, -0.1) is 0 Å². The summed E-state index contributed by atoms with van der Waals surface area (Å²) in [4.78, 5) is 27.7. The third-order valence-electron chi connectivity index (χ3n) is 9.08. The van der Waals surface area contributed by atoms with Gasteiger partial charge in [-0.1, -0.05) is 24.6 Å². The van der Waals surface area contributed by atoms with Crippen LogP contribution in [0.2, 0.25) is 0 Å². The molecule has 0 radical (unpaired) electrons. The van der Waals surface area contributed by atoms with E-state index in [0.717, 1.165) is 50.7 Å². The molecule has 6 atom stereocenters. The monoisotopic (exact) mass is 402 g/mol. The number of carbonyl (C=O) groups excluding carboxylic acids is 2. The lowest BCUT2D eigenvalue weighted by Crippen LogP contribution is -2.57. The first-order valence-electron chi connectivity index (χ1n) is 10.9. The number of carboxylic acids is 1. The average molecular weight is 403 g/mol. The number of aliphatic hydroxyl groups is 1. The van der Waals surface area contributed by atoms with Crippen molar-refractivity contribution in [2.75, 3.05) is 6.61 Å². The smallest absolute Gasteiger partial charge is 0.161 e. The van der Waals surface area contributed by atoms with Crippen molar-refractivity contribution in [2.45, 2.75) is 77.7 Å². The van der Waals surface area contributed by atoms with Crippen molar-refractivity contribution in [2.24, 2.45) is 33.7 Å². The third-order valence-corrected chi connectivity index (χ3v) is 9.08. The number of fused-ring (bicyclic) bond motifs is 5. The quantitative estimate of drug-likeness (QED) is 0.728. The Kier molecular flexibility index (Phi) is 4.92. The molecule has 4 aliphatic carbocycles. The average Bonchev–Trinajstić information content (AvgIpc) is 2.94. The fraction of sp³-hybridized carbons (Fsp3) is 0.783. The van der Waals surface area contributed by atoms with E-state index in [4.69, 9.17) is 4.84 Å². The molecule has 0 aromatic carbocycles. The van der Waals surface area contributed by atoms with Gasteiger partial charge < -0.3 is 19.8 Å². The van der Waals surface area contributed by atoms with Crippen LogP contribution in [0, 0.1) is 28.6 Å². The van der Waals surface area contributed by atoms with Gasteiger partial charge in [-0.05, 0) is 87.5 Å². The Morgan fingerprint density at radius 1 is 1.17 bits per heavy atom. The van der Waals surface area contributed by atoms with Crippen LogP contribution in [0.1, 0.15) is 72.1 Å². The Balaban J connectivity index is 1.57. The van der Waals surface area contributed by atoms with Crippen LogP contribution in [0.3, 0.4) is 0 Å². The maximum Gasteiger partial charge on any atom is 0.161 e. The Labute approximate surface area is 172 Å². The van der Waals surface area contributed by atoms with Crippen molar-refractivity contribution in [3.63, 3.8) is 0 Å². The molecule has 29 heavy (non-hydrogen) atoms. The van der Waals surface area contributed by atoms with Crippen LogP contribution in [0.15, 0.2) is 16.8 Å². The van der Waals surface area contributed by atoms with Crippen LogP contribution in [0.5, 0.6) is 0 Å². The lowest BCUT2D eigenvalue weighted by atomic mass is 9.46. The highest BCUT2D eigenvalue weighted by atomic mass is 16.6. The molecule has 0 unspecified atom stereocenters. The number of nitrogens with zero attached hydrogens (tertiary/aromatic N) is 1. The summed E-state index contributed by atoms with van der Waals surface area (Å²) in [6.07, 6.45) is 9.40. The van der Waals surface area contributed by atoms with Crippen LogP contribution in [0.25, 0.3) is 0 Å². The highest BCUT2D eigenvalue weighted by molar-refractivity contribution is 5.96. The first-order chi connectivity index (χ1) is 13.6. The molecule has 160 valence electrons. The molecule has 1 N–H and O–H groups in total. The molecule has 0 aliphatic heterocycles. The molecular weight excluding hydrogens is 370 g/mol. The van der Waals surface area contributed by atoms with Gasteiger partial charge in [0.05, 0.1) is 11.7 Å². The van der Waals surface area contributed by atoms with E-state index in [2.05, 4.69) is 25.1 Å². The summed E-state index contributed by atoms with van der Waals surface area (Å²) in [5, 5.41) is 25.8. The second kappa shape index (κ2) is 6.93. The summed E-state index contributed by atoms with van der Waals surface area (Å²) < 4.78 is 0. The van der Waals surface area contributed by atoms with Crippen LogP contribution in [-0.4, -0.2) is 34.8 Å². The molecule has 6 heteroatoms. The minimum absolute atomic E-state index is 0.0707. The number of ketones is 1. The lowest BCUT2D eigenvalue weighted by Gasteiger charge is -2.59. The van der Waals surface area contributed by atoms with E-state index < -0.39 is 18.2 Å². The molecule has 0 amide bonds. The largest absolute Gasteiger partial charge is 0.546 e. The lowest BCUT2D eigenvalue weighted by molar-refractivity contribution is -0.309. The van der Waals surface area contributed by atoms with Crippen molar-refractivity contribution in [3.05, 3.63) is 11.6 Å². The predicted octanol–water partition coefficient (Wildman–Crippen LogP) is 2.39. The molecule has 4 aliphatic rings. The zero-order chi connectivity index (χ0) is 21.0. The third kappa shape index (κ3) is 2.97. The number of hydrogen-bond donors (Lipinski definition) is 1. The van der Waals surface area contributed by atoms with Gasteiger partial charge in [-0.2, -0.15) is 0 Å². The molecule has 3 fully saturated rings. The van der Waals surface area contributed by atoms with Gasteiger partial charge in [0.15, 0.2) is 12.4 Å². The normalized spacial score (nSPS) is 45.0. The predicted molar refractivity (Wildman–Crippen MR) is 106 cm³/mol. The van der Waals surface area contributed by atoms with E-state index in [0.29, 0.717) is 24.2 Å². The van der Waals surface area contributed by atoms with Crippen LogP contribution in [-0.2, 0) is 14.4 Å². The summed E-state index contributed by atoms with van der Waals surface area (Å²) in [7, 11) is 0. The van der Waals surface area contributed by atoms with Gasteiger partial charge >= 0.3 is 0 Å². The van der Waals surface area contributed by atoms with Crippen LogP contribution < -0.4 is 5.11 Å². The first-order valence-corrected chi connectivity index (χ1v) is 10.9. The van der Waals surface area contributed by atoms with Crippen molar-refractivity contribution in [1.29, 1.82) is 0 Å². The minimum Gasteiger partial charge on any atom is -0.546 e. The number of carbonyl (C=O) groups is 2. The SMILES string of the molecule is CC(=O)[C@@]1(O)CC[C@@H]2[C@H]3CCC4=CC(=NOCC(=O)[O-])CC[C@]4(C)[C@H]3CC[C@@]21C. The highest BCUT2D eigenvalue weighted by Gasteiger charge is 2.65. The van der Waals surface area contributed by atoms with Crippen molar-refractivity contribution < 1.29 is 24.6 Å². The van der Waals surface area contributed by atoms with E-state index >= 15 is 0 Å². The summed E-state index contributed by atoms with van der Waals surface area (Å²) in [5.74, 6) is 0.154. The fourth-order valence-corrected chi connectivity index (χ4v) is 7.41. The summed E-state index contributed by atoms with van der Waals surface area (Å²) in [6, 6.07) is 0. The van der Waals surface area contributed by atoms with E-state index in [1.807, 2.05) is 0 Å². The second-order valence-corrected chi connectivity index (χ2v) is 10.1. The number of hydrogen-bond acceptors (Lipinski definition) is 6. The number of aliphatic carboxylic acids is 1. The Bertz CT molecular complexity index is 788. The maximum atomic E-state index is 12.3. The van der Waals surface area contributed by atoms with Crippen LogP contribution in [0.4, 0.5) is 0 Å². The van der Waals surface area contributed by atoms with E-state index in [-0.39, 0.29) is 16.6 Å². The number of Topliss-reactive ketones (excluding diaryl/α,β-unsaturated/α-hetero) is 1. The molecule has 0 aromatic rings. The topological polar surface area (TPSA) is 99.0 Å². The molecule has 6 nitrogen and oxygen atoms in total. The number of rotatable bonds is 4. The molecule has 3 saturated carbocycles. The van der Waals surface area contributed by atoms with Crippen molar-refractivity contribution in [3.8, 4) is 0 Å². The van der Waals surface area contributed by atoms with Gasteiger partial charge in [0.2, 0.25) is 0 Å². The van der Waals surface area contributed by atoms with Crippen molar-refractivity contribution in [1.82, 2.24) is 0 Å². The van der Waals surface area contributed by atoms with Gasteiger partial charge in [-0.3, -0.25) is 4.79 Å². The summed E-state index contributed by atoms with van der Waals surface area (Å²) in [6.45, 7) is 5.54. The minimum atomic E-state index is -1.27. The Hall–Kier alpha value is -1.69. The molecule has 0 heterocycles. The highest BCUT2D eigenvalue weighted by Crippen LogP contribution is 2.67. The Morgan fingerprint density at radius 3 is 2.59 bits per heavy atom. The van der Waals surface area contributed by atoms with Gasteiger partial charge in [0, 0.05) is 5.41 Å². The van der Waals surface area contributed by atoms with Gasteiger partial charge in [-0.25, -0.2) is 0 Å². The number of carboxylic acid groups (broad SMARTS) is 1. The fourth-order valence-electron chi connectivity index (χ4n) is 7.41. The molecule has 0 aromatic heterocycles. The molecule has 4 rings (SSSR count). The molecular formula is C23H32NO5-. The molecule has 0 saturated heterocycles. The molecule has 0 spiro atoms. The van der Waals surface area contributed by atoms with Crippen molar-refractivity contribution >= 4 is 17.5 Å². The zero-order valence-electron chi connectivity index (χ0n) is 17.7. The number of oxime groups is 1. The van der Waals surface area contributed by atoms with Gasteiger partial charge in [0.1, 0.15) is 5.60 Å².